The number of aryl methyl sites for hydroxylation is 1. The molecule has 0 bridgehead atoms. The molecule has 0 spiro atoms. The standard InChI is InChI=1S/C7H7NO4/c9-6(10)3-1-2-4-5(3)12-7(11)8-4/h3H,1-2H2,(H,8,11)(H,9,10). The highest BCUT2D eigenvalue weighted by molar-refractivity contribution is 5.76. The molecule has 1 aliphatic carbocycles. The van der Waals surface area contributed by atoms with Crippen LogP contribution < -0.4 is 5.76 Å². The van der Waals surface area contributed by atoms with E-state index in [2.05, 4.69) is 4.98 Å². The van der Waals surface area contributed by atoms with Crippen LogP contribution in [0.25, 0.3) is 0 Å². The van der Waals surface area contributed by atoms with Crippen molar-refractivity contribution in [2.45, 2.75) is 18.8 Å². The summed E-state index contributed by atoms with van der Waals surface area (Å²) in [6.07, 6.45) is 1.10. The maximum absolute atomic E-state index is 10.7. The van der Waals surface area contributed by atoms with E-state index in [1.165, 1.54) is 0 Å². The van der Waals surface area contributed by atoms with Gasteiger partial charge in [-0.3, -0.25) is 9.78 Å². The number of aliphatic carboxylic acids is 1. The summed E-state index contributed by atoms with van der Waals surface area (Å²) in [6.45, 7) is 0. The van der Waals surface area contributed by atoms with Gasteiger partial charge in [-0.25, -0.2) is 4.79 Å². The predicted molar refractivity (Wildman–Crippen MR) is 38.0 cm³/mol. The molecule has 0 fully saturated rings. The lowest BCUT2D eigenvalue weighted by molar-refractivity contribution is -0.139. The normalized spacial score (nSPS) is 20.8. The lowest BCUT2D eigenvalue weighted by Crippen LogP contribution is -2.08. The molecule has 0 saturated carbocycles. The highest BCUT2D eigenvalue weighted by Crippen LogP contribution is 2.30. The van der Waals surface area contributed by atoms with Crippen molar-refractivity contribution in [2.24, 2.45) is 0 Å². The Balaban J connectivity index is 2.47. The zero-order valence-corrected chi connectivity index (χ0v) is 6.16. The van der Waals surface area contributed by atoms with Crippen molar-refractivity contribution in [3.05, 3.63) is 22.0 Å². The molecule has 1 unspecified atom stereocenters. The lowest BCUT2D eigenvalue weighted by Gasteiger charge is -1.98. The van der Waals surface area contributed by atoms with Crippen molar-refractivity contribution in [3.63, 3.8) is 0 Å². The summed E-state index contributed by atoms with van der Waals surface area (Å²) in [5, 5.41) is 8.69. The summed E-state index contributed by atoms with van der Waals surface area (Å²) in [6, 6.07) is 0. The number of aromatic nitrogens is 1. The van der Waals surface area contributed by atoms with Crippen LogP contribution >= 0.6 is 0 Å². The first-order valence-electron chi connectivity index (χ1n) is 3.63. The Bertz CT molecular complexity index is 375. The van der Waals surface area contributed by atoms with E-state index >= 15 is 0 Å². The molecule has 1 aromatic heterocycles. The minimum Gasteiger partial charge on any atom is -0.481 e. The van der Waals surface area contributed by atoms with E-state index < -0.39 is 17.6 Å². The van der Waals surface area contributed by atoms with Crippen LogP contribution in [-0.4, -0.2) is 16.1 Å². The first-order valence-corrected chi connectivity index (χ1v) is 3.63. The Labute approximate surface area is 67.0 Å². The van der Waals surface area contributed by atoms with Crippen molar-refractivity contribution in [1.29, 1.82) is 0 Å². The molecule has 1 aromatic rings. The first kappa shape index (κ1) is 7.15. The van der Waals surface area contributed by atoms with Gasteiger partial charge in [0.05, 0.1) is 5.69 Å². The summed E-state index contributed by atoms with van der Waals surface area (Å²) in [7, 11) is 0. The van der Waals surface area contributed by atoms with Gasteiger partial charge in [0.25, 0.3) is 0 Å². The third kappa shape index (κ3) is 0.861. The average molecular weight is 169 g/mol. The molecule has 5 heteroatoms. The van der Waals surface area contributed by atoms with Gasteiger partial charge in [0, 0.05) is 0 Å². The number of hydrogen-bond donors (Lipinski definition) is 2. The van der Waals surface area contributed by atoms with Crippen LogP contribution in [0.4, 0.5) is 0 Å². The summed E-state index contributed by atoms with van der Waals surface area (Å²) in [5.41, 5.74) is 0.632. The van der Waals surface area contributed by atoms with Gasteiger partial charge in [-0.15, -0.1) is 0 Å². The summed E-state index contributed by atoms with van der Waals surface area (Å²) in [5.74, 6) is -1.84. The fraction of sp³-hybridized carbons (Fsp3) is 0.429. The van der Waals surface area contributed by atoms with Crippen molar-refractivity contribution < 1.29 is 14.3 Å². The second-order valence-electron chi connectivity index (χ2n) is 2.79. The molecule has 2 rings (SSSR count). The molecule has 0 radical (unpaired) electrons. The van der Waals surface area contributed by atoms with Gasteiger partial charge in [-0.1, -0.05) is 0 Å². The number of hydrogen-bond acceptors (Lipinski definition) is 3. The van der Waals surface area contributed by atoms with Gasteiger partial charge >= 0.3 is 11.7 Å². The van der Waals surface area contributed by atoms with Crippen LogP contribution in [-0.2, 0) is 11.2 Å². The van der Waals surface area contributed by atoms with E-state index in [-0.39, 0.29) is 0 Å². The van der Waals surface area contributed by atoms with Crippen molar-refractivity contribution in [3.8, 4) is 0 Å². The van der Waals surface area contributed by atoms with Crippen LogP contribution in [0.5, 0.6) is 0 Å². The van der Waals surface area contributed by atoms with Gasteiger partial charge in [0.15, 0.2) is 0 Å². The Morgan fingerprint density at radius 2 is 2.42 bits per heavy atom. The molecule has 1 aliphatic rings. The predicted octanol–water partition coefficient (Wildman–Crippen LogP) is 0.0823. The monoisotopic (exact) mass is 169 g/mol. The topological polar surface area (TPSA) is 83.3 Å². The molecule has 2 N–H and O–H groups in total. The Kier molecular flexibility index (Phi) is 1.33. The van der Waals surface area contributed by atoms with Gasteiger partial charge < -0.3 is 9.52 Å². The summed E-state index contributed by atoms with van der Waals surface area (Å²) < 4.78 is 4.71. The van der Waals surface area contributed by atoms with Gasteiger partial charge in [-0.2, -0.15) is 0 Å². The Hall–Kier alpha value is -1.52. The number of H-pyrrole nitrogens is 1. The number of carboxylic acid groups (broad SMARTS) is 1. The molecule has 0 aliphatic heterocycles. The fourth-order valence-corrected chi connectivity index (χ4v) is 1.49. The molecule has 0 amide bonds. The van der Waals surface area contributed by atoms with E-state index in [1.807, 2.05) is 0 Å². The zero-order chi connectivity index (χ0) is 8.72. The number of carboxylic acids is 1. The molecule has 5 nitrogen and oxygen atoms in total. The van der Waals surface area contributed by atoms with Crippen LogP contribution in [0.2, 0.25) is 0 Å². The molecule has 12 heavy (non-hydrogen) atoms. The largest absolute Gasteiger partial charge is 0.481 e. The molecule has 64 valence electrons. The van der Waals surface area contributed by atoms with E-state index in [1.54, 1.807) is 0 Å². The van der Waals surface area contributed by atoms with Crippen LogP contribution in [0.3, 0.4) is 0 Å². The van der Waals surface area contributed by atoms with Crippen LogP contribution in [0, 0.1) is 0 Å². The lowest BCUT2D eigenvalue weighted by atomic mass is 10.1. The Morgan fingerprint density at radius 1 is 1.67 bits per heavy atom. The number of nitrogens with one attached hydrogen (secondary N) is 1. The van der Waals surface area contributed by atoms with Gasteiger partial charge in [0.1, 0.15) is 11.7 Å². The first-order chi connectivity index (χ1) is 5.68. The number of fused-ring (bicyclic) bond motifs is 1. The molecule has 0 saturated heterocycles. The molecule has 1 atom stereocenters. The zero-order valence-electron chi connectivity index (χ0n) is 6.16. The molecular weight excluding hydrogens is 162 g/mol. The highest BCUT2D eigenvalue weighted by Gasteiger charge is 2.32. The molecule has 0 aromatic carbocycles. The van der Waals surface area contributed by atoms with Crippen molar-refractivity contribution >= 4 is 5.97 Å². The third-order valence-electron chi connectivity index (χ3n) is 2.05. The molecule has 1 heterocycles. The van der Waals surface area contributed by atoms with E-state index in [0.29, 0.717) is 24.3 Å². The van der Waals surface area contributed by atoms with Crippen molar-refractivity contribution in [1.82, 2.24) is 4.98 Å². The molecular formula is C7H7NO4. The van der Waals surface area contributed by atoms with Crippen LogP contribution in [0.1, 0.15) is 23.8 Å². The number of carbonyl (C=O) groups is 1. The minimum absolute atomic E-state index is 0.299. The van der Waals surface area contributed by atoms with Gasteiger partial charge in [-0.05, 0) is 12.8 Å². The second-order valence-corrected chi connectivity index (χ2v) is 2.79. The van der Waals surface area contributed by atoms with Gasteiger partial charge in [0.2, 0.25) is 0 Å². The maximum atomic E-state index is 10.7. The van der Waals surface area contributed by atoms with Crippen LogP contribution in [0.15, 0.2) is 9.21 Å². The fourth-order valence-electron chi connectivity index (χ4n) is 1.49. The van der Waals surface area contributed by atoms with E-state index in [4.69, 9.17) is 9.52 Å². The maximum Gasteiger partial charge on any atom is 0.416 e. The number of rotatable bonds is 1. The summed E-state index contributed by atoms with van der Waals surface area (Å²) in [4.78, 5) is 23.7. The Morgan fingerprint density at radius 3 is 3.08 bits per heavy atom. The number of aromatic amines is 1. The summed E-state index contributed by atoms with van der Waals surface area (Å²) >= 11 is 0. The average Bonchev–Trinajstić information content (AvgIpc) is 2.43. The third-order valence-corrected chi connectivity index (χ3v) is 2.05. The smallest absolute Gasteiger partial charge is 0.416 e. The van der Waals surface area contributed by atoms with E-state index in [9.17, 15) is 9.59 Å². The van der Waals surface area contributed by atoms with Crippen molar-refractivity contribution in [2.75, 3.05) is 0 Å². The number of oxazole rings is 1. The highest BCUT2D eigenvalue weighted by atomic mass is 16.4. The SMILES string of the molecule is O=C(O)C1CCc2[nH]c(=O)oc21. The quantitative estimate of drug-likeness (QED) is 0.623. The second kappa shape index (κ2) is 2.23. The minimum atomic E-state index is -0.934. The van der Waals surface area contributed by atoms with E-state index in [0.717, 1.165) is 0 Å².